The third-order valence-electron chi connectivity index (χ3n) is 4.51. The van der Waals surface area contributed by atoms with E-state index < -0.39 is 12.6 Å². The van der Waals surface area contributed by atoms with Crippen molar-refractivity contribution in [3.8, 4) is 5.75 Å². The molecule has 5 heteroatoms. The highest BCUT2D eigenvalue weighted by Crippen LogP contribution is 2.29. The number of carbonyl (C=O) groups excluding carboxylic acids is 1. The molecule has 1 saturated carbocycles. The summed E-state index contributed by atoms with van der Waals surface area (Å²) < 4.78 is 5.17. The smallest absolute Gasteiger partial charge is 0.341 e. The van der Waals surface area contributed by atoms with Crippen LogP contribution < -0.4 is 4.74 Å². The fraction of sp³-hybridized carbons (Fsp3) is 0.556. The van der Waals surface area contributed by atoms with E-state index in [4.69, 9.17) is 9.84 Å². The number of amides is 1. The Hall–Kier alpha value is -2.04. The Labute approximate surface area is 137 Å². The average molecular weight is 319 g/mol. The van der Waals surface area contributed by atoms with Gasteiger partial charge in [0.25, 0.3) is 5.91 Å². The number of hydrogen-bond acceptors (Lipinski definition) is 3. The van der Waals surface area contributed by atoms with Crippen LogP contribution in [0.1, 0.15) is 49.9 Å². The Morgan fingerprint density at radius 2 is 2.04 bits per heavy atom. The maximum atomic E-state index is 12.9. The summed E-state index contributed by atoms with van der Waals surface area (Å²) in [6.07, 6.45) is 4.62. The van der Waals surface area contributed by atoms with Crippen LogP contribution in [-0.2, 0) is 4.79 Å². The largest absolute Gasteiger partial charge is 0.482 e. The molecule has 23 heavy (non-hydrogen) atoms. The van der Waals surface area contributed by atoms with Gasteiger partial charge < -0.3 is 14.7 Å². The van der Waals surface area contributed by atoms with Gasteiger partial charge in [0.2, 0.25) is 0 Å². The van der Waals surface area contributed by atoms with Gasteiger partial charge in [-0.25, -0.2) is 4.79 Å². The molecule has 0 spiro atoms. The molecule has 0 heterocycles. The SMILES string of the molecule is CCN(C(=O)c1cccc(OCC(=O)O)c1)C1CCCCC1C. The number of carboxylic acid groups (broad SMARTS) is 1. The molecule has 2 rings (SSSR count). The van der Waals surface area contributed by atoms with Crippen LogP contribution in [0.5, 0.6) is 5.75 Å². The number of hydrogen-bond donors (Lipinski definition) is 1. The van der Waals surface area contributed by atoms with Crippen molar-refractivity contribution in [3.63, 3.8) is 0 Å². The molecule has 2 unspecified atom stereocenters. The van der Waals surface area contributed by atoms with E-state index in [0.717, 1.165) is 12.8 Å². The van der Waals surface area contributed by atoms with Crippen molar-refractivity contribution < 1.29 is 19.4 Å². The van der Waals surface area contributed by atoms with Gasteiger partial charge in [0.1, 0.15) is 5.75 Å². The first-order valence-corrected chi connectivity index (χ1v) is 8.28. The van der Waals surface area contributed by atoms with Crippen LogP contribution in [0, 0.1) is 5.92 Å². The fourth-order valence-corrected chi connectivity index (χ4v) is 3.32. The number of nitrogens with zero attached hydrogens (tertiary/aromatic N) is 1. The second kappa shape index (κ2) is 7.99. The van der Waals surface area contributed by atoms with Crippen molar-refractivity contribution in [1.29, 1.82) is 0 Å². The predicted molar refractivity (Wildman–Crippen MR) is 87.7 cm³/mol. The number of carboxylic acids is 1. The zero-order valence-electron chi connectivity index (χ0n) is 13.8. The lowest BCUT2D eigenvalue weighted by atomic mass is 9.84. The lowest BCUT2D eigenvalue weighted by Crippen LogP contribution is -2.45. The highest BCUT2D eigenvalue weighted by molar-refractivity contribution is 5.94. The van der Waals surface area contributed by atoms with Crippen LogP contribution in [-0.4, -0.2) is 41.1 Å². The minimum Gasteiger partial charge on any atom is -0.482 e. The Morgan fingerprint density at radius 3 is 2.70 bits per heavy atom. The van der Waals surface area contributed by atoms with Gasteiger partial charge in [0, 0.05) is 18.2 Å². The molecule has 0 aliphatic heterocycles. The first-order chi connectivity index (χ1) is 11.0. The van der Waals surface area contributed by atoms with E-state index in [0.29, 0.717) is 23.8 Å². The van der Waals surface area contributed by atoms with E-state index in [9.17, 15) is 9.59 Å². The molecule has 1 aromatic rings. The fourth-order valence-electron chi connectivity index (χ4n) is 3.32. The predicted octanol–water partition coefficient (Wildman–Crippen LogP) is 3.19. The monoisotopic (exact) mass is 319 g/mol. The normalized spacial score (nSPS) is 20.8. The van der Waals surface area contributed by atoms with Crippen molar-refractivity contribution in [2.45, 2.75) is 45.6 Å². The van der Waals surface area contributed by atoms with Gasteiger partial charge in [-0.05, 0) is 43.9 Å². The van der Waals surface area contributed by atoms with Gasteiger partial charge in [-0.1, -0.05) is 25.8 Å². The maximum Gasteiger partial charge on any atom is 0.341 e. The standard InChI is InChI=1S/C18H25NO4/c1-3-19(16-10-5-4-7-13(16)2)18(22)14-8-6-9-15(11-14)23-12-17(20)21/h6,8-9,11,13,16H,3-5,7,10,12H2,1-2H3,(H,20,21). The quantitative estimate of drug-likeness (QED) is 0.874. The molecule has 1 aromatic carbocycles. The Kier molecular flexibility index (Phi) is 6.02. The van der Waals surface area contributed by atoms with E-state index >= 15 is 0 Å². The van der Waals surface area contributed by atoms with Crippen LogP contribution in [0.4, 0.5) is 0 Å². The molecule has 0 saturated heterocycles. The van der Waals surface area contributed by atoms with Crippen molar-refractivity contribution in [2.24, 2.45) is 5.92 Å². The third kappa shape index (κ3) is 4.47. The molecule has 2 atom stereocenters. The van der Waals surface area contributed by atoms with E-state index in [2.05, 4.69) is 6.92 Å². The molecule has 1 fully saturated rings. The van der Waals surface area contributed by atoms with Crippen LogP contribution in [0.15, 0.2) is 24.3 Å². The van der Waals surface area contributed by atoms with Crippen LogP contribution >= 0.6 is 0 Å². The lowest BCUT2D eigenvalue weighted by Gasteiger charge is -2.38. The molecule has 0 aromatic heterocycles. The van der Waals surface area contributed by atoms with Gasteiger partial charge in [0.15, 0.2) is 6.61 Å². The highest BCUT2D eigenvalue weighted by Gasteiger charge is 2.30. The lowest BCUT2D eigenvalue weighted by molar-refractivity contribution is -0.139. The summed E-state index contributed by atoms with van der Waals surface area (Å²) in [5, 5.41) is 8.68. The molecule has 1 aliphatic carbocycles. The number of ether oxygens (including phenoxy) is 1. The molecular weight excluding hydrogens is 294 g/mol. The third-order valence-corrected chi connectivity index (χ3v) is 4.51. The van der Waals surface area contributed by atoms with Crippen LogP contribution in [0.2, 0.25) is 0 Å². The first-order valence-electron chi connectivity index (χ1n) is 8.28. The van der Waals surface area contributed by atoms with Crippen molar-refractivity contribution in [2.75, 3.05) is 13.2 Å². The van der Waals surface area contributed by atoms with Crippen molar-refractivity contribution in [1.82, 2.24) is 4.90 Å². The van der Waals surface area contributed by atoms with E-state index in [1.54, 1.807) is 24.3 Å². The van der Waals surface area contributed by atoms with Gasteiger partial charge in [-0.3, -0.25) is 4.79 Å². The average Bonchev–Trinajstić information content (AvgIpc) is 2.55. The zero-order chi connectivity index (χ0) is 16.8. The summed E-state index contributed by atoms with van der Waals surface area (Å²) in [5.74, 6) is -0.120. The Bertz CT molecular complexity index is 558. The number of carbonyl (C=O) groups is 2. The number of rotatable bonds is 6. The Morgan fingerprint density at radius 1 is 1.30 bits per heavy atom. The van der Waals surface area contributed by atoms with Gasteiger partial charge in [-0.15, -0.1) is 0 Å². The van der Waals surface area contributed by atoms with Crippen molar-refractivity contribution >= 4 is 11.9 Å². The summed E-state index contributed by atoms with van der Waals surface area (Å²) in [6, 6.07) is 7.06. The van der Waals surface area contributed by atoms with Gasteiger partial charge >= 0.3 is 5.97 Å². The van der Waals surface area contributed by atoms with E-state index in [1.165, 1.54) is 12.8 Å². The van der Waals surface area contributed by atoms with Gasteiger partial charge in [-0.2, -0.15) is 0 Å². The number of aliphatic carboxylic acids is 1. The summed E-state index contributed by atoms with van der Waals surface area (Å²) in [6.45, 7) is 4.49. The van der Waals surface area contributed by atoms with Crippen molar-refractivity contribution in [3.05, 3.63) is 29.8 Å². The van der Waals surface area contributed by atoms with Gasteiger partial charge in [0.05, 0.1) is 0 Å². The molecule has 126 valence electrons. The zero-order valence-corrected chi connectivity index (χ0v) is 13.8. The van der Waals surface area contributed by atoms with Crippen LogP contribution in [0.3, 0.4) is 0 Å². The molecule has 0 bridgehead atoms. The molecule has 1 aliphatic rings. The molecule has 0 radical (unpaired) electrons. The molecular formula is C18H25NO4. The number of benzene rings is 1. The van der Waals surface area contributed by atoms with Crippen LogP contribution in [0.25, 0.3) is 0 Å². The first kappa shape index (κ1) is 17.3. The molecule has 1 amide bonds. The second-order valence-corrected chi connectivity index (χ2v) is 6.13. The molecule has 5 nitrogen and oxygen atoms in total. The maximum absolute atomic E-state index is 12.9. The summed E-state index contributed by atoms with van der Waals surface area (Å²) in [5.41, 5.74) is 0.549. The minimum atomic E-state index is -1.03. The molecule has 1 N–H and O–H groups in total. The Balaban J connectivity index is 2.13. The second-order valence-electron chi connectivity index (χ2n) is 6.13. The topological polar surface area (TPSA) is 66.8 Å². The van der Waals surface area contributed by atoms with E-state index in [-0.39, 0.29) is 11.9 Å². The summed E-state index contributed by atoms with van der Waals surface area (Å²) >= 11 is 0. The summed E-state index contributed by atoms with van der Waals surface area (Å²) in [4.78, 5) is 25.4. The summed E-state index contributed by atoms with van der Waals surface area (Å²) in [7, 11) is 0. The highest BCUT2D eigenvalue weighted by atomic mass is 16.5. The van der Waals surface area contributed by atoms with E-state index in [1.807, 2.05) is 11.8 Å². The minimum absolute atomic E-state index is 0.00738.